The third kappa shape index (κ3) is 6.51. The van der Waals surface area contributed by atoms with Crippen molar-refractivity contribution in [3.8, 4) is 0 Å². The number of piperidine rings is 1. The van der Waals surface area contributed by atoms with Crippen LogP contribution in [-0.4, -0.2) is 42.1 Å². The number of aromatic nitrogens is 1. The summed E-state index contributed by atoms with van der Waals surface area (Å²) in [5.41, 5.74) is 2.88. The molecule has 2 fully saturated rings. The van der Waals surface area contributed by atoms with Crippen molar-refractivity contribution in [2.75, 3.05) is 31.5 Å². The second-order valence-electron chi connectivity index (χ2n) is 9.25. The number of aryl methyl sites for hydroxylation is 1. The SMILES string of the molecule is C=C(C)NCCC1(CCN2CCC(Nc3ccc(C)cn3)CC2)CCCCC1. The highest BCUT2D eigenvalue weighted by Crippen LogP contribution is 2.42. The van der Waals surface area contributed by atoms with Gasteiger partial charge in [0.05, 0.1) is 0 Å². The van der Waals surface area contributed by atoms with Gasteiger partial charge < -0.3 is 15.5 Å². The number of pyridine rings is 1. The van der Waals surface area contributed by atoms with Gasteiger partial charge in [0.25, 0.3) is 0 Å². The molecular formula is C24H40N4. The van der Waals surface area contributed by atoms with Crippen LogP contribution in [0.25, 0.3) is 0 Å². The van der Waals surface area contributed by atoms with Gasteiger partial charge in [0.15, 0.2) is 0 Å². The molecule has 3 rings (SSSR count). The van der Waals surface area contributed by atoms with Crippen molar-refractivity contribution in [2.24, 2.45) is 5.41 Å². The fourth-order valence-electron chi connectivity index (χ4n) is 4.93. The molecule has 0 bridgehead atoms. The van der Waals surface area contributed by atoms with Crippen LogP contribution in [0.2, 0.25) is 0 Å². The van der Waals surface area contributed by atoms with Crippen molar-refractivity contribution in [2.45, 2.75) is 77.7 Å². The van der Waals surface area contributed by atoms with E-state index in [1.807, 2.05) is 6.20 Å². The Morgan fingerprint density at radius 2 is 1.93 bits per heavy atom. The topological polar surface area (TPSA) is 40.2 Å². The zero-order chi connectivity index (χ0) is 19.8. The first-order chi connectivity index (χ1) is 13.5. The summed E-state index contributed by atoms with van der Waals surface area (Å²) in [6.07, 6.45) is 14.2. The number of nitrogens with zero attached hydrogens (tertiary/aromatic N) is 2. The number of nitrogens with one attached hydrogen (secondary N) is 2. The summed E-state index contributed by atoms with van der Waals surface area (Å²) in [6, 6.07) is 4.81. The molecular weight excluding hydrogens is 344 g/mol. The lowest BCUT2D eigenvalue weighted by Gasteiger charge is -2.40. The highest BCUT2D eigenvalue weighted by Gasteiger charge is 2.32. The van der Waals surface area contributed by atoms with Gasteiger partial charge in [-0.1, -0.05) is 31.9 Å². The summed E-state index contributed by atoms with van der Waals surface area (Å²) in [4.78, 5) is 7.20. The van der Waals surface area contributed by atoms with Gasteiger partial charge in [0, 0.05) is 37.6 Å². The van der Waals surface area contributed by atoms with E-state index in [-0.39, 0.29) is 0 Å². The molecule has 0 aromatic carbocycles. The molecule has 4 heteroatoms. The third-order valence-corrected chi connectivity index (χ3v) is 6.81. The fraction of sp³-hybridized carbons (Fsp3) is 0.708. The highest BCUT2D eigenvalue weighted by molar-refractivity contribution is 5.36. The van der Waals surface area contributed by atoms with E-state index in [2.05, 4.69) is 53.1 Å². The quantitative estimate of drug-likeness (QED) is 0.620. The van der Waals surface area contributed by atoms with Crippen LogP contribution in [0.1, 0.15) is 70.3 Å². The van der Waals surface area contributed by atoms with Crippen LogP contribution in [0.3, 0.4) is 0 Å². The molecule has 156 valence electrons. The zero-order valence-corrected chi connectivity index (χ0v) is 18.1. The van der Waals surface area contributed by atoms with Gasteiger partial charge in [0.2, 0.25) is 0 Å². The minimum absolute atomic E-state index is 0.557. The van der Waals surface area contributed by atoms with E-state index in [9.17, 15) is 0 Å². The van der Waals surface area contributed by atoms with Crippen molar-refractivity contribution in [3.05, 3.63) is 36.2 Å². The Bertz CT molecular complexity index is 596. The molecule has 2 N–H and O–H groups in total. The lowest BCUT2D eigenvalue weighted by molar-refractivity contribution is 0.118. The number of likely N-dealkylation sites (tertiary alicyclic amines) is 1. The molecule has 0 amide bonds. The standard InChI is InChI=1S/C24H40N4/c1-20(2)25-15-13-24(11-5-4-6-12-24)14-18-28-16-9-22(10-17-28)27-23-8-7-21(3)19-26-23/h7-8,19,22,25H,1,4-6,9-18H2,2-3H3,(H,26,27). The number of hydrogen-bond acceptors (Lipinski definition) is 4. The average molecular weight is 385 g/mol. The number of rotatable bonds is 9. The van der Waals surface area contributed by atoms with Crippen LogP contribution in [0.5, 0.6) is 0 Å². The van der Waals surface area contributed by atoms with E-state index in [0.717, 1.165) is 18.1 Å². The van der Waals surface area contributed by atoms with Crippen LogP contribution < -0.4 is 10.6 Å². The van der Waals surface area contributed by atoms with Crippen molar-refractivity contribution < 1.29 is 0 Å². The molecule has 1 aromatic heterocycles. The van der Waals surface area contributed by atoms with Gasteiger partial charge in [-0.05, 0) is 76.0 Å². The summed E-state index contributed by atoms with van der Waals surface area (Å²) < 4.78 is 0. The molecule has 28 heavy (non-hydrogen) atoms. The minimum atomic E-state index is 0.557. The molecule has 0 atom stereocenters. The summed E-state index contributed by atoms with van der Waals surface area (Å²) in [5.74, 6) is 1.02. The van der Waals surface area contributed by atoms with Crippen LogP contribution in [0, 0.1) is 12.3 Å². The average Bonchev–Trinajstić information content (AvgIpc) is 2.70. The summed E-state index contributed by atoms with van der Waals surface area (Å²) >= 11 is 0. The Kier molecular flexibility index (Phi) is 7.78. The van der Waals surface area contributed by atoms with E-state index >= 15 is 0 Å². The summed E-state index contributed by atoms with van der Waals surface area (Å²) in [6.45, 7) is 12.9. The first-order valence-corrected chi connectivity index (χ1v) is 11.4. The number of anilines is 1. The van der Waals surface area contributed by atoms with Gasteiger partial charge in [0.1, 0.15) is 5.82 Å². The predicted octanol–water partition coefficient (Wildman–Crippen LogP) is 5.12. The monoisotopic (exact) mass is 384 g/mol. The van der Waals surface area contributed by atoms with Crippen molar-refractivity contribution in [1.29, 1.82) is 0 Å². The van der Waals surface area contributed by atoms with Crippen LogP contribution >= 0.6 is 0 Å². The Labute approximate surface area is 172 Å². The molecule has 1 saturated carbocycles. The molecule has 1 saturated heterocycles. The Morgan fingerprint density at radius 1 is 1.18 bits per heavy atom. The Morgan fingerprint density at radius 3 is 2.57 bits per heavy atom. The van der Waals surface area contributed by atoms with E-state index in [0.29, 0.717) is 11.5 Å². The van der Waals surface area contributed by atoms with E-state index in [1.165, 1.54) is 83.0 Å². The van der Waals surface area contributed by atoms with E-state index in [1.54, 1.807) is 0 Å². The lowest BCUT2D eigenvalue weighted by atomic mass is 9.69. The normalized spacial score (nSPS) is 20.6. The van der Waals surface area contributed by atoms with Crippen molar-refractivity contribution in [3.63, 3.8) is 0 Å². The highest BCUT2D eigenvalue weighted by atomic mass is 15.1. The maximum absolute atomic E-state index is 4.50. The molecule has 4 nitrogen and oxygen atoms in total. The summed E-state index contributed by atoms with van der Waals surface area (Å²) in [7, 11) is 0. The smallest absolute Gasteiger partial charge is 0.126 e. The Hall–Kier alpha value is -1.55. The van der Waals surface area contributed by atoms with Gasteiger partial charge >= 0.3 is 0 Å². The van der Waals surface area contributed by atoms with E-state index < -0.39 is 0 Å². The summed E-state index contributed by atoms with van der Waals surface area (Å²) in [5, 5.41) is 7.09. The minimum Gasteiger partial charge on any atom is -0.389 e. The van der Waals surface area contributed by atoms with Crippen molar-refractivity contribution >= 4 is 5.82 Å². The molecule has 1 aromatic rings. The largest absolute Gasteiger partial charge is 0.389 e. The molecule has 0 unspecified atom stereocenters. The first-order valence-electron chi connectivity index (χ1n) is 11.4. The van der Waals surface area contributed by atoms with Gasteiger partial charge in [-0.2, -0.15) is 0 Å². The van der Waals surface area contributed by atoms with Crippen molar-refractivity contribution in [1.82, 2.24) is 15.2 Å². The fourth-order valence-corrected chi connectivity index (χ4v) is 4.93. The van der Waals surface area contributed by atoms with Crippen LogP contribution in [0.4, 0.5) is 5.82 Å². The van der Waals surface area contributed by atoms with Crippen LogP contribution in [-0.2, 0) is 0 Å². The predicted molar refractivity (Wildman–Crippen MR) is 120 cm³/mol. The molecule has 1 aliphatic carbocycles. The molecule has 2 heterocycles. The van der Waals surface area contributed by atoms with E-state index in [4.69, 9.17) is 0 Å². The van der Waals surface area contributed by atoms with Crippen LogP contribution in [0.15, 0.2) is 30.6 Å². The molecule has 2 aliphatic rings. The Balaban J connectivity index is 1.42. The third-order valence-electron chi connectivity index (χ3n) is 6.81. The second-order valence-corrected chi connectivity index (χ2v) is 9.25. The van der Waals surface area contributed by atoms with Gasteiger partial charge in [-0.25, -0.2) is 4.98 Å². The maximum Gasteiger partial charge on any atom is 0.126 e. The maximum atomic E-state index is 4.50. The molecule has 0 radical (unpaired) electrons. The first kappa shape index (κ1) is 21.2. The zero-order valence-electron chi connectivity index (χ0n) is 18.1. The molecule has 1 aliphatic heterocycles. The van der Waals surface area contributed by atoms with Gasteiger partial charge in [-0.3, -0.25) is 0 Å². The number of hydrogen-bond donors (Lipinski definition) is 2. The number of allylic oxidation sites excluding steroid dienone is 1. The second kappa shape index (κ2) is 10.3. The molecule has 0 spiro atoms. The lowest BCUT2D eigenvalue weighted by Crippen LogP contribution is -2.41. The van der Waals surface area contributed by atoms with Gasteiger partial charge in [-0.15, -0.1) is 0 Å².